The maximum Gasteiger partial charge on any atom is 0.303 e. The lowest BCUT2D eigenvalue weighted by atomic mass is 9.97. The summed E-state index contributed by atoms with van der Waals surface area (Å²) in [5.41, 5.74) is 1.75. The molecular formula is C15H19NO4. The topological polar surface area (TPSA) is 66.8 Å². The van der Waals surface area contributed by atoms with Crippen LogP contribution in [0.2, 0.25) is 0 Å². The molecule has 0 saturated carbocycles. The van der Waals surface area contributed by atoms with Crippen LogP contribution in [-0.4, -0.2) is 30.1 Å². The fourth-order valence-electron chi connectivity index (χ4n) is 2.46. The summed E-state index contributed by atoms with van der Waals surface area (Å²) in [4.78, 5) is 24.2. The molecule has 0 bridgehead atoms. The summed E-state index contributed by atoms with van der Waals surface area (Å²) in [7, 11) is 1.73. The number of hydrogen-bond acceptors (Lipinski definition) is 3. The third kappa shape index (κ3) is 2.92. The van der Waals surface area contributed by atoms with E-state index in [1.165, 1.54) is 0 Å². The summed E-state index contributed by atoms with van der Waals surface area (Å²) >= 11 is 0. The van der Waals surface area contributed by atoms with Gasteiger partial charge < -0.3 is 14.7 Å². The van der Waals surface area contributed by atoms with Crippen LogP contribution in [0, 0.1) is 5.92 Å². The number of likely N-dealkylation sites (N-methyl/N-ethyl adjacent to an activating group) is 1. The minimum absolute atomic E-state index is 0.0509. The van der Waals surface area contributed by atoms with Crippen LogP contribution in [0.3, 0.4) is 0 Å². The first-order valence-corrected chi connectivity index (χ1v) is 6.67. The highest BCUT2D eigenvalue weighted by Gasteiger charge is 2.28. The van der Waals surface area contributed by atoms with Crippen molar-refractivity contribution in [3.63, 3.8) is 0 Å². The van der Waals surface area contributed by atoms with Gasteiger partial charge in [0, 0.05) is 13.5 Å². The molecule has 1 N–H and O–H groups in total. The van der Waals surface area contributed by atoms with Gasteiger partial charge in [0.25, 0.3) is 5.91 Å². The van der Waals surface area contributed by atoms with E-state index in [2.05, 4.69) is 0 Å². The predicted molar refractivity (Wildman–Crippen MR) is 75.1 cm³/mol. The van der Waals surface area contributed by atoms with Gasteiger partial charge in [-0.2, -0.15) is 0 Å². The van der Waals surface area contributed by atoms with E-state index in [0.29, 0.717) is 12.2 Å². The SMILES string of the molecule is CC(CC(=O)O)Cc1ccc2c(c1)N(C)C(=O)C(C)O2. The van der Waals surface area contributed by atoms with Crippen molar-refractivity contribution >= 4 is 17.6 Å². The Labute approximate surface area is 118 Å². The molecule has 1 heterocycles. The van der Waals surface area contributed by atoms with Crippen LogP contribution in [-0.2, 0) is 16.0 Å². The number of rotatable bonds is 4. The Balaban J connectivity index is 2.19. The van der Waals surface area contributed by atoms with Gasteiger partial charge >= 0.3 is 5.97 Å². The molecule has 0 spiro atoms. The second-order valence-electron chi connectivity index (χ2n) is 5.37. The van der Waals surface area contributed by atoms with Crippen molar-refractivity contribution in [2.45, 2.75) is 32.8 Å². The molecule has 2 unspecified atom stereocenters. The molecular weight excluding hydrogens is 258 g/mol. The summed E-state index contributed by atoms with van der Waals surface area (Å²) in [5.74, 6) is -0.127. The first kappa shape index (κ1) is 14.4. The highest BCUT2D eigenvalue weighted by molar-refractivity contribution is 5.99. The molecule has 0 aliphatic carbocycles. The molecule has 1 aromatic rings. The van der Waals surface area contributed by atoms with Crippen molar-refractivity contribution in [3.05, 3.63) is 23.8 Å². The van der Waals surface area contributed by atoms with Crippen molar-refractivity contribution in [3.8, 4) is 5.75 Å². The molecule has 5 heteroatoms. The number of carboxylic acids is 1. The lowest BCUT2D eigenvalue weighted by molar-refractivity contribution is -0.138. The van der Waals surface area contributed by atoms with Crippen LogP contribution >= 0.6 is 0 Å². The molecule has 1 aliphatic heterocycles. The molecule has 0 fully saturated rings. The van der Waals surface area contributed by atoms with E-state index in [4.69, 9.17) is 9.84 Å². The van der Waals surface area contributed by atoms with Gasteiger partial charge in [-0.05, 0) is 37.0 Å². The second kappa shape index (κ2) is 5.53. The minimum atomic E-state index is -0.792. The average Bonchev–Trinajstić information content (AvgIpc) is 2.36. The molecule has 2 rings (SSSR count). The third-order valence-corrected chi connectivity index (χ3v) is 3.47. The highest BCUT2D eigenvalue weighted by atomic mass is 16.5. The predicted octanol–water partition coefficient (Wildman–Crippen LogP) is 2.08. The number of carbonyl (C=O) groups excluding carboxylic acids is 1. The van der Waals surface area contributed by atoms with Crippen molar-refractivity contribution in [1.82, 2.24) is 0 Å². The number of anilines is 1. The fraction of sp³-hybridized carbons (Fsp3) is 0.467. The minimum Gasteiger partial charge on any atom is -0.481 e. The van der Waals surface area contributed by atoms with Crippen LogP contribution in [0.4, 0.5) is 5.69 Å². The number of benzene rings is 1. The Morgan fingerprint density at radius 3 is 2.85 bits per heavy atom. The molecule has 5 nitrogen and oxygen atoms in total. The number of hydrogen-bond donors (Lipinski definition) is 1. The number of amides is 1. The summed E-state index contributed by atoms with van der Waals surface area (Å²) in [6.07, 6.45) is 0.334. The first-order valence-electron chi connectivity index (χ1n) is 6.67. The standard InChI is InChI=1S/C15H19NO4/c1-9(7-14(17)18)6-11-4-5-13-12(8-11)16(3)15(19)10(2)20-13/h4-5,8-10H,6-7H2,1-3H3,(H,17,18). The first-order chi connectivity index (χ1) is 9.38. The molecule has 108 valence electrons. The zero-order chi connectivity index (χ0) is 14.9. The maximum absolute atomic E-state index is 11.9. The zero-order valence-corrected chi connectivity index (χ0v) is 11.9. The van der Waals surface area contributed by atoms with E-state index < -0.39 is 12.1 Å². The summed E-state index contributed by atoms with van der Waals surface area (Å²) in [6, 6.07) is 5.67. The number of nitrogens with zero attached hydrogens (tertiary/aromatic N) is 1. The average molecular weight is 277 g/mol. The second-order valence-corrected chi connectivity index (χ2v) is 5.37. The summed E-state index contributed by atoms with van der Waals surface area (Å²) in [5, 5.41) is 8.79. The normalized spacial score (nSPS) is 19.2. The Kier molecular flexibility index (Phi) is 3.97. The van der Waals surface area contributed by atoms with E-state index in [0.717, 1.165) is 11.3 Å². The van der Waals surface area contributed by atoms with Gasteiger partial charge in [-0.1, -0.05) is 13.0 Å². The maximum atomic E-state index is 11.9. The number of carbonyl (C=O) groups is 2. The molecule has 2 atom stereocenters. The summed E-state index contributed by atoms with van der Waals surface area (Å²) < 4.78 is 5.55. The monoisotopic (exact) mass is 277 g/mol. The van der Waals surface area contributed by atoms with E-state index >= 15 is 0 Å². The van der Waals surface area contributed by atoms with Gasteiger partial charge in [0.15, 0.2) is 6.10 Å². The van der Waals surface area contributed by atoms with E-state index in [1.54, 1.807) is 18.9 Å². The number of ether oxygens (including phenoxy) is 1. The zero-order valence-electron chi connectivity index (χ0n) is 11.9. The van der Waals surface area contributed by atoms with Crippen LogP contribution in [0.25, 0.3) is 0 Å². The lowest BCUT2D eigenvalue weighted by Crippen LogP contribution is -2.42. The van der Waals surface area contributed by atoms with Gasteiger partial charge in [-0.3, -0.25) is 9.59 Å². The van der Waals surface area contributed by atoms with E-state index in [9.17, 15) is 9.59 Å². The lowest BCUT2D eigenvalue weighted by Gasteiger charge is -2.30. The number of aliphatic carboxylic acids is 1. The van der Waals surface area contributed by atoms with Crippen molar-refractivity contribution < 1.29 is 19.4 Å². The molecule has 0 aromatic heterocycles. The van der Waals surface area contributed by atoms with Gasteiger partial charge in [-0.15, -0.1) is 0 Å². The van der Waals surface area contributed by atoms with E-state index in [-0.39, 0.29) is 18.2 Å². The number of carboxylic acid groups (broad SMARTS) is 1. The van der Waals surface area contributed by atoms with Crippen molar-refractivity contribution in [2.75, 3.05) is 11.9 Å². The molecule has 0 saturated heterocycles. The van der Waals surface area contributed by atoms with Gasteiger partial charge in [0.1, 0.15) is 5.75 Å². The Morgan fingerprint density at radius 2 is 2.20 bits per heavy atom. The van der Waals surface area contributed by atoms with Crippen LogP contribution in [0.1, 0.15) is 25.8 Å². The highest BCUT2D eigenvalue weighted by Crippen LogP contribution is 2.34. The molecule has 20 heavy (non-hydrogen) atoms. The van der Waals surface area contributed by atoms with Gasteiger partial charge in [0.2, 0.25) is 0 Å². The van der Waals surface area contributed by atoms with Crippen molar-refractivity contribution in [2.24, 2.45) is 5.92 Å². The van der Waals surface area contributed by atoms with Crippen LogP contribution < -0.4 is 9.64 Å². The summed E-state index contributed by atoms with van der Waals surface area (Å²) in [6.45, 7) is 3.63. The molecule has 1 amide bonds. The Bertz CT molecular complexity index is 541. The van der Waals surface area contributed by atoms with E-state index in [1.807, 2.05) is 25.1 Å². The van der Waals surface area contributed by atoms with Crippen LogP contribution in [0.15, 0.2) is 18.2 Å². The van der Waals surface area contributed by atoms with Crippen molar-refractivity contribution in [1.29, 1.82) is 0 Å². The quantitative estimate of drug-likeness (QED) is 0.915. The molecule has 1 aliphatic rings. The van der Waals surface area contributed by atoms with Crippen LogP contribution in [0.5, 0.6) is 5.75 Å². The molecule has 0 radical (unpaired) electrons. The molecule has 1 aromatic carbocycles. The largest absolute Gasteiger partial charge is 0.481 e. The smallest absolute Gasteiger partial charge is 0.303 e. The van der Waals surface area contributed by atoms with Gasteiger partial charge in [0.05, 0.1) is 5.69 Å². The fourth-order valence-corrected chi connectivity index (χ4v) is 2.46. The third-order valence-electron chi connectivity index (χ3n) is 3.47. The number of fused-ring (bicyclic) bond motifs is 1. The Morgan fingerprint density at radius 1 is 1.50 bits per heavy atom. The Hall–Kier alpha value is -2.04. The van der Waals surface area contributed by atoms with Gasteiger partial charge in [-0.25, -0.2) is 0 Å².